The molecule has 11 heavy (non-hydrogen) atoms. The molecule has 0 aromatic carbocycles. The summed E-state index contributed by atoms with van der Waals surface area (Å²) in [6, 6.07) is 0. The highest BCUT2D eigenvalue weighted by molar-refractivity contribution is 5.77. The lowest BCUT2D eigenvalue weighted by Gasteiger charge is -2.15. The van der Waals surface area contributed by atoms with Gasteiger partial charge < -0.3 is 0 Å². The second kappa shape index (κ2) is 5.34. The van der Waals surface area contributed by atoms with Crippen LogP contribution in [0.4, 0.5) is 0 Å². The smallest absolute Gasteiger partial charge is 0.132 e. The molecule has 0 saturated carbocycles. The van der Waals surface area contributed by atoms with Crippen LogP contribution in [-0.4, -0.2) is 5.78 Å². The van der Waals surface area contributed by atoms with Crippen molar-refractivity contribution >= 4 is 5.78 Å². The summed E-state index contributed by atoms with van der Waals surface area (Å²) in [6.45, 7) is 8.11. The zero-order chi connectivity index (χ0) is 8.85. The van der Waals surface area contributed by atoms with Gasteiger partial charge >= 0.3 is 0 Å². The van der Waals surface area contributed by atoms with Gasteiger partial charge in [-0.1, -0.05) is 33.6 Å². The molecule has 0 radical (unpaired) electrons. The Hall–Kier alpha value is -0.330. The van der Waals surface area contributed by atoms with Gasteiger partial charge in [-0.05, 0) is 19.3 Å². The van der Waals surface area contributed by atoms with Crippen LogP contribution in [-0.2, 0) is 4.79 Å². The number of ketones is 1. The summed E-state index contributed by atoms with van der Waals surface area (Å²) in [5, 5.41) is 0. The van der Waals surface area contributed by atoms with Crippen molar-refractivity contribution in [1.29, 1.82) is 0 Å². The summed E-state index contributed by atoms with van der Waals surface area (Å²) in [5.41, 5.74) is 0. The molecule has 0 saturated heterocycles. The average molecular weight is 156 g/mol. The number of hydrogen-bond donors (Lipinski definition) is 0. The van der Waals surface area contributed by atoms with Crippen molar-refractivity contribution in [3.05, 3.63) is 0 Å². The van der Waals surface area contributed by atoms with Gasteiger partial charge in [0.1, 0.15) is 5.78 Å². The van der Waals surface area contributed by atoms with Crippen molar-refractivity contribution in [3.8, 4) is 0 Å². The Balaban J connectivity index is 3.71. The molecule has 66 valence electrons. The van der Waals surface area contributed by atoms with Gasteiger partial charge in [-0.25, -0.2) is 0 Å². The van der Waals surface area contributed by atoms with E-state index in [1.54, 1.807) is 6.92 Å². The lowest BCUT2D eigenvalue weighted by atomic mass is 9.90. The molecule has 0 heterocycles. The third-order valence-electron chi connectivity index (χ3n) is 2.54. The zero-order valence-electron chi connectivity index (χ0n) is 8.18. The van der Waals surface area contributed by atoms with Crippen LogP contribution in [0.25, 0.3) is 0 Å². The second-order valence-corrected chi connectivity index (χ2v) is 3.43. The first-order valence-electron chi connectivity index (χ1n) is 4.62. The average Bonchev–Trinajstić information content (AvgIpc) is 1.99. The summed E-state index contributed by atoms with van der Waals surface area (Å²) >= 11 is 0. The van der Waals surface area contributed by atoms with E-state index in [1.165, 1.54) is 12.8 Å². The highest BCUT2D eigenvalue weighted by Crippen LogP contribution is 2.18. The minimum Gasteiger partial charge on any atom is -0.300 e. The fourth-order valence-electron chi connectivity index (χ4n) is 1.29. The van der Waals surface area contributed by atoms with E-state index in [4.69, 9.17) is 0 Å². The molecule has 0 bridgehead atoms. The van der Waals surface area contributed by atoms with Crippen molar-refractivity contribution in [2.75, 3.05) is 0 Å². The van der Waals surface area contributed by atoms with Crippen LogP contribution in [0.5, 0.6) is 0 Å². The van der Waals surface area contributed by atoms with E-state index >= 15 is 0 Å². The van der Waals surface area contributed by atoms with Crippen molar-refractivity contribution in [2.45, 2.75) is 47.0 Å². The Morgan fingerprint density at radius 2 is 1.73 bits per heavy atom. The van der Waals surface area contributed by atoms with Crippen LogP contribution in [0.15, 0.2) is 0 Å². The van der Waals surface area contributed by atoms with Gasteiger partial charge in [0.05, 0.1) is 0 Å². The van der Waals surface area contributed by atoms with Crippen molar-refractivity contribution in [3.63, 3.8) is 0 Å². The largest absolute Gasteiger partial charge is 0.300 e. The lowest BCUT2D eigenvalue weighted by Crippen LogP contribution is -2.11. The van der Waals surface area contributed by atoms with Crippen molar-refractivity contribution in [1.82, 2.24) is 0 Å². The fraction of sp³-hybridized carbons (Fsp3) is 0.900. The first-order chi connectivity index (χ1) is 5.11. The molecule has 1 nitrogen and oxygen atoms in total. The standard InChI is InChI=1S/C10H20O/c1-5-10(6-2)7-8(3)9(4)11/h8,10H,5-7H2,1-4H3. The topological polar surface area (TPSA) is 17.1 Å². The molecule has 0 amide bonds. The fourth-order valence-corrected chi connectivity index (χ4v) is 1.29. The summed E-state index contributed by atoms with van der Waals surface area (Å²) < 4.78 is 0. The van der Waals surface area contributed by atoms with Crippen LogP contribution < -0.4 is 0 Å². The van der Waals surface area contributed by atoms with Gasteiger partial charge in [-0.2, -0.15) is 0 Å². The zero-order valence-corrected chi connectivity index (χ0v) is 8.18. The third-order valence-corrected chi connectivity index (χ3v) is 2.54. The maximum atomic E-state index is 10.9. The molecule has 0 spiro atoms. The molecular weight excluding hydrogens is 136 g/mol. The van der Waals surface area contributed by atoms with E-state index in [0.29, 0.717) is 5.78 Å². The normalized spacial score (nSPS) is 13.5. The molecule has 1 unspecified atom stereocenters. The summed E-state index contributed by atoms with van der Waals surface area (Å²) in [4.78, 5) is 10.9. The maximum absolute atomic E-state index is 10.9. The van der Waals surface area contributed by atoms with Crippen LogP contribution >= 0.6 is 0 Å². The molecule has 0 aliphatic heterocycles. The number of carbonyl (C=O) groups is 1. The molecule has 0 N–H and O–H groups in total. The van der Waals surface area contributed by atoms with Gasteiger partial charge in [0.2, 0.25) is 0 Å². The van der Waals surface area contributed by atoms with Gasteiger partial charge in [0, 0.05) is 5.92 Å². The quantitative estimate of drug-likeness (QED) is 0.598. The SMILES string of the molecule is CCC(CC)CC(C)C(C)=O. The van der Waals surface area contributed by atoms with E-state index in [0.717, 1.165) is 12.3 Å². The summed E-state index contributed by atoms with van der Waals surface area (Å²) in [6.07, 6.45) is 3.48. The molecule has 0 fully saturated rings. The van der Waals surface area contributed by atoms with Crippen LogP contribution in [0.1, 0.15) is 47.0 Å². The number of rotatable bonds is 5. The van der Waals surface area contributed by atoms with Crippen LogP contribution in [0.2, 0.25) is 0 Å². The highest BCUT2D eigenvalue weighted by atomic mass is 16.1. The van der Waals surface area contributed by atoms with Crippen LogP contribution in [0, 0.1) is 11.8 Å². The number of hydrogen-bond acceptors (Lipinski definition) is 1. The Kier molecular flexibility index (Phi) is 5.18. The minimum absolute atomic E-state index is 0.264. The molecule has 0 aromatic heterocycles. The number of carbonyl (C=O) groups excluding carboxylic acids is 1. The Morgan fingerprint density at radius 3 is 2.00 bits per heavy atom. The van der Waals surface area contributed by atoms with E-state index in [2.05, 4.69) is 13.8 Å². The van der Waals surface area contributed by atoms with E-state index in [9.17, 15) is 4.79 Å². The van der Waals surface area contributed by atoms with E-state index < -0.39 is 0 Å². The first-order valence-corrected chi connectivity index (χ1v) is 4.62. The van der Waals surface area contributed by atoms with Gasteiger partial charge in [-0.3, -0.25) is 4.79 Å². The molecule has 1 heteroatoms. The van der Waals surface area contributed by atoms with E-state index in [-0.39, 0.29) is 5.92 Å². The monoisotopic (exact) mass is 156 g/mol. The Morgan fingerprint density at radius 1 is 1.27 bits per heavy atom. The molecule has 0 aliphatic rings. The third kappa shape index (κ3) is 4.18. The predicted molar refractivity (Wildman–Crippen MR) is 48.5 cm³/mol. The van der Waals surface area contributed by atoms with Gasteiger partial charge in [0.15, 0.2) is 0 Å². The molecule has 0 rings (SSSR count). The van der Waals surface area contributed by atoms with Crippen molar-refractivity contribution < 1.29 is 4.79 Å². The molecule has 0 aliphatic carbocycles. The molecule has 0 aromatic rings. The van der Waals surface area contributed by atoms with Gasteiger partial charge in [0.25, 0.3) is 0 Å². The number of Topliss-reactive ketones (excluding diaryl/α,β-unsaturated/α-hetero) is 1. The minimum atomic E-state index is 0.264. The second-order valence-electron chi connectivity index (χ2n) is 3.43. The Bertz CT molecular complexity index is 114. The molecular formula is C10H20O. The van der Waals surface area contributed by atoms with Gasteiger partial charge in [-0.15, -0.1) is 0 Å². The maximum Gasteiger partial charge on any atom is 0.132 e. The highest BCUT2D eigenvalue weighted by Gasteiger charge is 2.12. The van der Waals surface area contributed by atoms with Crippen LogP contribution in [0.3, 0.4) is 0 Å². The molecule has 1 atom stereocenters. The summed E-state index contributed by atoms with van der Waals surface area (Å²) in [5.74, 6) is 1.34. The Labute approximate surface area is 70.2 Å². The summed E-state index contributed by atoms with van der Waals surface area (Å²) in [7, 11) is 0. The van der Waals surface area contributed by atoms with E-state index in [1.807, 2.05) is 6.92 Å². The van der Waals surface area contributed by atoms with Crippen molar-refractivity contribution in [2.24, 2.45) is 11.8 Å². The lowest BCUT2D eigenvalue weighted by molar-refractivity contribution is -0.120. The first kappa shape index (κ1) is 10.7. The predicted octanol–water partition coefficient (Wildman–Crippen LogP) is 3.04.